The first-order valence-corrected chi connectivity index (χ1v) is 5.85. The second-order valence-corrected chi connectivity index (χ2v) is 4.73. The molecule has 0 bridgehead atoms. The Bertz CT molecular complexity index is 96.3. The molecule has 0 aliphatic heterocycles. The summed E-state index contributed by atoms with van der Waals surface area (Å²) in [5.74, 6) is 0. The average molecular weight is 225 g/mol. The molecule has 0 saturated heterocycles. The molecular formula is C11H25ClS. The Kier molecular flexibility index (Phi) is 11.4. The first-order valence-electron chi connectivity index (χ1n) is 5.41. The van der Waals surface area contributed by atoms with Gasteiger partial charge < -0.3 is 0 Å². The number of rotatable bonds is 7. The molecule has 0 aliphatic carbocycles. The van der Waals surface area contributed by atoms with E-state index in [-0.39, 0.29) is 12.4 Å². The summed E-state index contributed by atoms with van der Waals surface area (Å²) in [6, 6.07) is 0. The van der Waals surface area contributed by atoms with Gasteiger partial charge in [-0.15, -0.1) is 12.4 Å². The van der Waals surface area contributed by atoms with Gasteiger partial charge in [-0.1, -0.05) is 46.5 Å². The summed E-state index contributed by atoms with van der Waals surface area (Å²) in [6.45, 7) is 6.77. The van der Waals surface area contributed by atoms with Crippen molar-refractivity contribution in [3.8, 4) is 0 Å². The van der Waals surface area contributed by atoms with Crippen LogP contribution in [0.25, 0.3) is 0 Å². The Morgan fingerprint density at radius 1 is 0.923 bits per heavy atom. The van der Waals surface area contributed by atoms with Crippen LogP contribution < -0.4 is 0 Å². The topological polar surface area (TPSA) is 0 Å². The van der Waals surface area contributed by atoms with Crippen LogP contribution in [0.15, 0.2) is 0 Å². The van der Waals surface area contributed by atoms with Gasteiger partial charge in [0.05, 0.1) is 0 Å². The van der Waals surface area contributed by atoms with Crippen LogP contribution in [-0.4, -0.2) is 4.75 Å². The zero-order chi connectivity index (χ0) is 9.45. The number of halogens is 1. The van der Waals surface area contributed by atoms with Crippen molar-refractivity contribution in [3.05, 3.63) is 0 Å². The number of unbranched alkanes of at least 4 members (excludes halogenated alkanes) is 2. The summed E-state index contributed by atoms with van der Waals surface area (Å²) in [5.41, 5.74) is 0. The first-order chi connectivity index (χ1) is 5.68. The lowest BCUT2D eigenvalue weighted by molar-refractivity contribution is 0.456. The highest BCUT2D eigenvalue weighted by atomic mass is 35.5. The Morgan fingerprint density at radius 2 is 1.31 bits per heavy atom. The quantitative estimate of drug-likeness (QED) is 0.587. The highest BCUT2D eigenvalue weighted by molar-refractivity contribution is 7.81. The molecule has 0 nitrogen and oxygen atoms in total. The second-order valence-electron chi connectivity index (χ2n) is 3.79. The summed E-state index contributed by atoms with van der Waals surface area (Å²) in [5, 5.41) is 0. The highest BCUT2D eigenvalue weighted by Gasteiger charge is 2.21. The van der Waals surface area contributed by atoms with Crippen molar-refractivity contribution < 1.29 is 0 Å². The fourth-order valence-electron chi connectivity index (χ4n) is 1.49. The molecular weight excluding hydrogens is 200 g/mol. The van der Waals surface area contributed by atoms with E-state index in [0.29, 0.717) is 4.75 Å². The van der Waals surface area contributed by atoms with Gasteiger partial charge in [0.25, 0.3) is 0 Å². The van der Waals surface area contributed by atoms with E-state index in [0.717, 1.165) is 0 Å². The molecule has 0 radical (unpaired) electrons. The number of hydrogen-bond donors (Lipinski definition) is 1. The molecule has 13 heavy (non-hydrogen) atoms. The molecule has 2 heteroatoms. The summed E-state index contributed by atoms with van der Waals surface area (Å²) in [7, 11) is 0. The van der Waals surface area contributed by atoms with Crippen LogP contribution in [0, 0.1) is 0 Å². The predicted molar refractivity (Wildman–Crippen MR) is 68.3 cm³/mol. The van der Waals surface area contributed by atoms with E-state index < -0.39 is 0 Å². The van der Waals surface area contributed by atoms with Gasteiger partial charge in [-0.2, -0.15) is 12.6 Å². The van der Waals surface area contributed by atoms with Gasteiger partial charge in [0.1, 0.15) is 0 Å². The third kappa shape index (κ3) is 7.69. The maximum absolute atomic E-state index is 4.79. The third-order valence-corrected chi connectivity index (χ3v) is 3.41. The van der Waals surface area contributed by atoms with E-state index >= 15 is 0 Å². The maximum Gasteiger partial charge on any atom is 0.0127 e. The first kappa shape index (κ1) is 16.1. The van der Waals surface area contributed by atoms with Gasteiger partial charge in [0.15, 0.2) is 0 Å². The van der Waals surface area contributed by atoms with E-state index in [2.05, 4.69) is 20.8 Å². The van der Waals surface area contributed by atoms with E-state index in [4.69, 9.17) is 12.6 Å². The fourth-order valence-corrected chi connectivity index (χ4v) is 1.81. The lowest BCUT2D eigenvalue weighted by Crippen LogP contribution is -2.20. The molecule has 0 spiro atoms. The van der Waals surface area contributed by atoms with Gasteiger partial charge in [-0.05, 0) is 19.3 Å². The molecule has 0 atom stereocenters. The molecule has 0 aliphatic rings. The minimum absolute atomic E-state index is 0. The molecule has 0 fully saturated rings. The van der Waals surface area contributed by atoms with Crippen LogP contribution in [0.1, 0.15) is 65.7 Å². The fraction of sp³-hybridized carbons (Fsp3) is 1.00. The molecule has 0 amide bonds. The Labute approximate surface area is 95.7 Å². The summed E-state index contributed by atoms with van der Waals surface area (Å²) in [6.07, 6.45) is 9.08. The largest absolute Gasteiger partial charge is 0.173 e. The summed E-state index contributed by atoms with van der Waals surface area (Å²) >= 11 is 4.79. The van der Waals surface area contributed by atoms with Crippen molar-refractivity contribution in [1.29, 1.82) is 0 Å². The van der Waals surface area contributed by atoms with Crippen molar-refractivity contribution in [2.45, 2.75) is 70.5 Å². The lowest BCUT2D eigenvalue weighted by atomic mass is 9.92. The van der Waals surface area contributed by atoms with Crippen LogP contribution >= 0.6 is 25.0 Å². The minimum Gasteiger partial charge on any atom is -0.173 e. The zero-order valence-corrected chi connectivity index (χ0v) is 11.0. The molecule has 0 aromatic carbocycles. The summed E-state index contributed by atoms with van der Waals surface area (Å²) < 4.78 is 0.339. The van der Waals surface area contributed by atoms with Crippen LogP contribution in [0.5, 0.6) is 0 Å². The number of thiol groups is 1. The maximum atomic E-state index is 4.79. The van der Waals surface area contributed by atoms with Crippen LogP contribution in [-0.2, 0) is 0 Å². The molecule has 0 N–H and O–H groups in total. The number of hydrogen-bond acceptors (Lipinski definition) is 1. The third-order valence-electron chi connectivity index (χ3n) is 2.65. The van der Waals surface area contributed by atoms with Crippen molar-refractivity contribution in [2.75, 3.05) is 0 Å². The molecule has 0 aromatic heterocycles. The van der Waals surface area contributed by atoms with Crippen molar-refractivity contribution in [3.63, 3.8) is 0 Å². The van der Waals surface area contributed by atoms with Crippen molar-refractivity contribution in [1.82, 2.24) is 0 Å². The predicted octanol–water partition coefficient (Wildman–Crippen LogP) is 4.87. The Morgan fingerprint density at radius 3 is 1.54 bits per heavy atom. The minimum atomic E-state index is 0. The monoisotopic (exact) mass is 224 g/mol. The molecule has 0 heterocycles. The van der Waals surface area contributed by atoms with Gasteiger partial charge in [-0.3, -0.25) is 0 Å². The lowest BCUT2D eigenvalue weighted by Gasteiger charge is -2.26. The Hall–Kier alpha value is 0.640. The summed E-state index contributed by atoms with van der Waals surface area (Å²) in [4.78, 5) is 0. The van der Waals surface area contributed by atoms with E-state index in [9.17, 15) is 0 Å². The van der Waals surface area contributed by atoms with E-state index in [1.165, 1.54) is 44.9 Å². The molecule has 82 valence electrons. The average Bonchev–Trinajstić information content (AvgIpc) is 2.11. The van der Waals surface area contributed by atoms with Gasteiger partial charge in [0, 0.05) is 4.75 Å². The van der Waals surface area contributed by atoms with E-state index in [1.54, 1.807) is 0 Å². The van der Waals surface area contributed by atoms with Crippen LogP contribution in [0.4, 0.5) is 0 Å². The van der Waals surface area contributed by atoms with Gasteiger partial charge in [-0.25, -0.2) is 0 Å². The van der Waals surface area contributed by atoms with Gasteiger partial charge >= 0.3 is 0 Å². The molecule has 0 rings (SSSR count). The van der Waals surface area contributed by atoms with Crippen LogP contribution in [0.2, 0.25) is 0 Å². The molecule has 0 unspecified atom stereocenters. The smallest absolute Gasteiger partial charge is 0.0127 e. The molecule has 0 aromatic rings. The normalized spacial score (nSPS) is 11.1. The van der Waals surface area contributed by atoms with E-state index in [1.807, 2.05) is 0 Å². The standard InChI is InChI=1S/C11H24S.ClH/c1-4-7-9-11(12,6-3)10-8-5-2;/h12H,4-10H2,1-3H3;1H. The van der Waals surface area contributed by atoms with Crippen molar-refractivity contribution in [2.24, 2.45) is 0 Å². The van der Waals surface area contributed by atoms with Gasteiger partial charge in [0.2, 0.25) is 0 Å². The second kappa shape index (κ2) is 9.21. The Balaban J connectivity index is 0. The molecule has 0 saturated carbocycles. The highest BCUT2D eigenvalue weighted by Crippen LogP contribution is 2.31. The SMILES string of the molecule is CCCCC(S)(CC)CCCC.Cl. The van der Waals surface area contributed by atoms with Crippen molar-refractivity contribution >= 4 is 25.0 Å². The zero-order valence-electron chi connectivity index (χ0n) is 9.31. The van der Waals surface area contributed by atoms with Crippen LogP contribution in [0.3, 0.4) is 0 Å².